The van der Waals surface area contributed by atoms with Crippen molar-refractivity contribution in [2.24, 2.45) is 0 Å². The van der Waals surface area contributed by atoms with Crippen LogP contribution in [0.4, 0.5) is 0 Å². The highest BCUT2D eigenvalue weighted by atomic mass is 16.6. The molecule has 0 N–H and O–H groups in total. The van der Waals surface area contributed by atoms with Crippen molar-refractivity contribution in [1.82, 2.24) is 0 Å². The first-order chi connectivity index (χ1) is 5.83. The molecule has 0 radical (unpaired) electrons. The first-order valence-electron chi connectivity index (χ1n) is 4.42. The highest BCUT2D eigenvalue weighted by molar-refractivity contribution is 6.03. The lowest BCUT2D eigenvalue weighted by molar-refractivity contribution is -0.118. The topological polar surface area (TPSA) is 29.6 Å². The lowest BCUT2D eigenvalue weighted by Gasteiger charge is -2.15. The van der Waals surface area contributed by atoms with E-state index in [9.17, 15) is 4.79 Å². The van der Waals surface area contributed by atoms with E-state index in [2.05, 4.69) is 0 Å². The Hall–Kier alpha value is -0.890. The third kappa shape index (κ3) is 0.619. The van der Waals surface area contributed by atoms with Crippen molar-refractivity contribution >= 4 is 5.78 Å². The summed E-state index contributed by atoms with van der Waals surface area (Å²) < 4.78 is 5.30. The Morgan fingerprint density at radius 2 is 2.17 bits per heavy atom. The number of fused-ring (bicyclic) bond motifs is 1. The van der Waals surface area contributed by atoms with Crippen molar-refractivity contribution in [3.05, 3.63) is 23.3 Å². The summed E-state index contributed by atoms with van der Waals surface area (Å²) in [7, 11) is 0. The van der Waals surface area contributed by atoms with Crippen LogP contribution in [-0.4, -0.2) is 18.0 Å². The summed E-state index contributed by atoms with van der Waals surface area (Å²) in [6.07, 6.45) is 7.03. The average molecular weight is 162 g/mol. The molecule has 3 rings (SSSR count). The summed E-state index contributed by atoms with van der Waals surface area (Å²) in [5.74, 6) is 0.156. The molecule has 12 heavy (non-hydrogen) atoms. The Balaban J connectivity index is 2.13. The Labute approximate surface area is 70.9 Å². The molecule has 1 unspecified atom stereocenters. The molecule has 3 aliphatic rings. The van der Waals surface area contributed by atoms with Crippen LogP contribution in [0.5, 0.6) is 0 Å². The van der Waals surface area contributed by atoms with Gasteiger partial charge in [0.2, 0.25) is 0 Å². The highest BCUT2D eigenvalue weighted by Crippen LogP contribution is 2.47. The molecule has 1 heterocycles. The van der Waals surface area contributed by atoms with Crippen LogP contribution in [0.1, 0.15) is 19.3 Å². The van der Waals surface area contributed by atoms with Crippen LogP contribution in [-0.2, 0) is 9.53 Å². The Morgan fingerprint density at radius 3 is 2.92 bits per heavy atom. The molecule has 0 aromatic heterocycles. The molecule has 0 bridgehead atoms. The number of epoxide rings is 1. The van der Waals surface area contributed by atoms with Gasteiger partial charge in [0, 0.05) is 0 Å². The molecule has 0 aromatic rings. The summed E-state index contributed by atoms with van der Waals surface area (Å²) >= 11 is 0. The second-order valence-electron chi connectivity index (χ2n) is 3.67. The Kier molecular flexibility index (Phi) is 1.04. The molecule has 1 fully saturated rings. The fourth-order valence-corrected chi connectivity index (χ4v) is 2.26. The number of hydrogen-bond donors (Lipinski definition) is 0. The van der Waals surface area contributed by atoms with Crippen LogP contribution in [0.15, 0.2) is 23.3 Å². The molecule has 2 aliphatic carbocycles. The highest BCUT2D eigenvalue weighted by Gasteiger charge is 2.56. The maximum Gasteiger partial charge on any atom is 0.194 e. The van der Waals surface area contributed by atoms with Crippen LogP contribution in [0, 0.1) is 0 Å². The van der Waals surface area contributed by atoms with Gasteiger partial charge in [-0.25, -0.2) is 0 Å². The van der Waals surface area contributed by atoms with Crippen molar-refractivity contribution in [1.29, 1.82) is 0 Å². The monoisotopic (exact) mass is 162 g/mol. The summed E-state index contributed by atoms with van der Waals surface area (Å²) in [4.78, 5) is 11.5. The van der Waals surface area contributed by atoms with Crippen molar-refractivity contribution in [3.63, 3.8) is 0 Å². The van der Waals surface area contributed by atoms with E-state index in [-0.39, 0.29) is 5.78 Å². The van der Waals surface area contributed by atoms with Crippen molar-refractivity contribution in [2.45, 2.75) is 24.9 Å². The van der Waals surface area contributed by atoms with Crippen LogP contribution in [0.25, 0.3) is 0 Å². The number of ketones is 1. The first-order valence-corrected chi connectivity index (χ1v) is 4.42. The SMILES string of the molecule is O=C1C=CC2=C(CCC2)C12CO2. The molecule has 1 atom stereocenters. The maximum absolute atomic E-state index is 11.5. The van der Waals surface area contributed by atoms with E-state index >= 15 is 0 Å². The Morgan fingerprint density at radius 1 is 1.33 bits per heavy atom. The second-order valence-corrected chi connectivity index (χ2v) is 3.67. The number of allylic oxidation sites excluding steroid dienone is 2. The van der Waals surface area contributed by atoms with Gasteiger partial charge in [-0.2, -0.15) is 0 Å². The van der Waals surface area contributed by atoms with E-state index in [0.717, 1.165) is 12.8 Å². The zero-order valence-corrected chi connectivity index (χ0v) is 6.80. The molecular weight excluding hydrogens is 152 g/mol. The van der Waals surface area contributed by atoms with Gasteiger partial charge in [0.15, 0.2) is 11.4 Å². The third-order valence-corrected chi connectivity index (χ3v) is 3.01. The molecule has 1 saturated heterocycles. The fraction of sp³-hybridized carbons (Fsp3) is 0.500. The minimum Gasteiger partial charge on any atom is -0.356 e. The van der Waals surface area contributed by atoms with E-state index in [1.165, 1.54) is 17.6 Å². The van der Waals surface area contributed by atoms with E-state index in [1.54, 1.807) is 6.08 Å². The molecule has 0 amide bonds. The predicted octanol–water partition coefficient (Wildman–Crippen LogP) is 1.37. The van der Waals surface area contributed by atoms with E-state index in [4.69, 9.17) is 4.74 Å². The third-order valence-electron chi connectivity index (χ3n) is 3.01. The summed E-state index contributed by atoms with van der Waals surface area (Å²) in [5, 5.41) is 0. The average Bonchev–Trinajstić information content (AvgIpc) is 2.71. The van der Waals surface area contributed by atoms with E-state index in [0.29, 0.717) is 6.61 Å². The van der Waals surface area contributed by atoms with Gasteiger partial charge in [-0.05, 0) is 36.5 Å². The molecule has 2 heteroatoms. The number of rotatable bonds is 0. The van der Waals surface area contributed by atoms with Crippen LogP contribution >= 0.6 is 0 Å². The molecular formula is C10H10O2. The van der Waals surface area contributed by atoms with Gasteiger partial charge >= 0.3 is 0 Å². The summed E-state index contributed by atoms with van der Waals surface area (Å²) in [6, 6.07) is 0. The zero-order valence-electron chi connectivity index (χ0n) is 6.80. The largest absolute Gasteiger partial charge is 0.356 e. The minimum absolute atomic E-state index is 0.156. The van der Waals surface area contributed by atoms with Gasteiger partial charge in [-0.3, -0.25) is 4.79 Å². The molecule has 62 valence electrons. The van der Waals surface area contributed by atoms with Gasteiger partial charge in [0.05, 0.1) is 6.61 Å². The minimum atomic E-state index is -0.458. The second kappa shape index (κ2) is 1.88. The van der Waals surface area contributed by atoms with Gasteiger partial charge < -0.3 is 4.74 Å². The molecule has 2 nitrogen and oxygen atoms in total. The lowest BCUT2D eigenvalue weighted by atomic mass is 9.88. The normalized spacial score (nSPS) is 37.8. The first kappa shape index (κ1) is 6.61. The van der Waals surface area contributed by atoms with E-state index < -0.39 is 5.60 Å². The van der Waals surface area contributed by atoms with Crippen molar-refractivity contribution in [2.75, 3.05) is 6.61 Å². The number of hydrogen-bond acceptors (Lipinski definition) is 2. The van der Waals surface area contributed by atoms with E-state index in [1.807, 2.05) is 6.08 Å². The molecule has 1 aliphatic heterocycles. The summed E-state index contributed by atoms with van der Waals surface area (Å²) in [6.45, 7) is 0.620. The predicted molar refractivity (Wildman–Crippen MR) is 43.7 cm³/mol. The number of carbonyl (C=O) groups is 1. The molecule has 0 saturated carbocycles. The van der Waals surface area contributed by atoms with Gasteiger partial charge in [-0.1, -0.05) is 6.08 Å². The Bertz CT molecular complexity index is 319. The van der Waals surface area contributed by atoms with Crippen molar-refractivity contribution in [3.8, 4) is 0 Å². The smallest absolute Gasteiger partial charge is 0.194 e. The quantitative estimate of drug-likeness (QED) is 0.503. The van der Waals surface area contributed by atoms with Gasteiger partial charge in [0.1, 0.15) is 0 Å². The van der Waals surface area contributed by atoms with Crippen LogP contribution < -0.4 is 0 Å². The zero-order chi connectivity index (χ0) is 8.18. The maximum atomic E-state index is 11.5. The summed E-state index contributed by atoms with van der Waals surface area (Å²) in [5.41, 5.74) is 2.17. The van der Waals surface area contributed by atoms with Gasteiger partial charge in [0.25, 0.3) is 0 Å². The lowest BCUT2D eigenvalue weighted by Crippen LogP contribution is -2.27. The van der Waals surface area contributed by atoms with Gasteiger partial charge in [-0.15, -0.1) is 0 Å². The standard InChI is InChI=1S/C10H10O2/c11-9-5-4-7-2-1-3-8(7)10(9)6-12-10/h4-5H,1-3,6H2. The number of carbonyl (C=O) groups excluding carboxylic acids is 1. The molecule has 1 spiro atoms. The molecule has 0 aromatic carbocycles. The van der Waals surface area contributed by atoms with Crippen LogP contribution in [0.3, 0.4) is 0 Å². The van der Waals surface area contributed by atoms with Crippen LogP contribution in [0.2, 0.25) is 0 Å². The fourth-order valence-electron chi connectivity index (χ4n) is 2.26. The number of ether oxygens (including phenoxy) is 1. The van der Waals surface area contributed by atoms with Crippen molar-refractivity contribution < 1.29 is 9.53 Å².